The first-order valence-electron chi connectivity index (χ1n) is 15.9. The predicted octanol–water partition coefficient (Wildman–Crippen LogP) is 12.8. The molecule has 0 unspecified atom stereocenters. The van der Waals surface area contributed by atoms with E-state index in [1.807, 2.05) is 41.7 Å². The number of benzene rings is 2. The van der Waals surface area contributed by atoms with Gasteiger partial charge in [0.05, 0.1) is 6.26 Å². The van der Waals surface area contributed by atoms with E-state index in [0.717, 1.165) is 17.1 Å². The van der Waals surface area contributed by atoms with Gasteiger partial charge in [0.25, 0.3) is 0 Å². The Morgan fingerprint density at radius 3 is 1.58 bits per heavy atom. The third-order valence-corrected chi connectivity index (χ3v) is 8.70. The Labute approximate surface area is 276 Å². The van der Waals surface area contributed by atoms with Gasteiger partial charge in [-0.05, 0) is 58.6 Å². The zero-order valence-electron chi connectivity index (χ0n) is 29.9. The molecular formula is C41H55NO2S. The van der Waals surface area contributed by atoms with E-state index in [-0.39, 0.29) is 16.2 Å². The molecule has 6 rings (SSSR count). The van der Waals surface area contributed by atoms with E-state index >= 15 is 0 Å². The molecule has 3 nitrogen and oxygen atoms in total. The van der Waals surface area contributed by atoms with Crippen molar-refractivity contribution < 1.29 is 8.83 Å². The summed E-state index contributed by atoms with van der Waals surface area (Å²) >= 11 is 1.83. The lowest BCUT2D eigenvalue weighted by Gasteiger charge is -2.19. The van der Waals surface area contributed by atoms with Gasteiger partial charge in [-0.2, -0.15) is 0 Å². The number of para-hydroxylation sites is 2. The number of thiophene rings is 1. The molecule has 4 aromatic heterocycles. The number of aryl methyl sites for hydroxylation is 1. The molecule has 0 atom stereocenters. The molecule has 242 valence electrons. The van der Waals surface area contributed by atoms with Gasteiger partial charge in [0.15, 0.2) is 0 Å². The van der Waals surface area contributed by atoms with Crippen molar-refractivity contribution in [3.8, 4) is 0 Å². The quantitative estimate of drug-likeness (QED) is 0.168. The second-order valence-electron chi connectivity index (χ2n) is 15.8. The van der Waals surface area contributed by atoms with E-state index in [2.05, 4.69) is 155 Å². The van der Waals surface area contributed by atoms with E-state index in [0.29, 0.717) is 5.41 Å². The Hall–Kier alpha value is -3.50. The molecular weight excluding hydrogens is 571 g/mol. The maximum atomic E-state index is 5.73. The Kier molecular flexibility index (Phi) is 11.4. The van der Waals surface area contributed by atoms with E-state index in [9.17, 15) is 0 Å². The summed E-state index contributed by atoms with van der Waals surface area (Å²) in [4.78, 5) is 1.46. The van der Waals surface area contributed by atoms with Gasteiger partial charge in [-0.3, -0.25) is 0 Å². The molecule has 0 aliphatic rings. The van der Waals surface area contributed by atoms with Crippen LogP contribution in [0.1, 0.15) is 105 Å². The average Bonchev–Trinajstić information content (AvgIpc) is 3.75. The fourth-order valence-electron chi connectivity index (χ4n) is 4.77. The van der Waals surface area contributed by atoms with Gasteiger partial charge in [-0.25, -0.2) is 0 Å². The van der Waals surface area contributed by atoms with Gasteiger partial charge >= 0.3 is 0 Å². The lowest BCUT2D eigenvalue weighted by Crippen LogP contribution is -2.15. The van der Waals surface area contributed by atoms with Gasteiger partial charge < -0.3 is 13.4 Å². The molecule has 0 aliphatic heterocycles. The van der Waals surface area contributed by atoms with Crippen molar-refractivity contribution in [1.82, 2.24) is 4.57 Å². The third-order valence-electron chi connectivity index (χ3n) is 7.41. The summed E-state index contributed by atoms with van der Waals surface area (Å²) in [5, 5.41) is 4.65. The second kappa shape index (κ2) is 14.3. The van der Waals surface area contributed by atoms with Crippen LogP contribution < -0.4 is 0 Å². The molecule has 0 fully saturated rings. The summed E-state index contributed by atoms with van der Waals surface area (Å²) in [6.45, 7) is 26.3. The van der Waals surface area contributed by atoms with Crippen molar-refractivity contribution in [2.45, 2.75) is 105 Å². The van der Waals surface area contributed by atoms with Crippen LogP contribution in [0.3, 0.4) is 0 Å². The van der Waals surface area contributed by atoms with Crippen molar-refractivity contribution in [3.63, 3.8) is 0 Å². The molecule has 0 spiro atoms. The van der Waals surface area contributed by atoms with Gasteiger partial charge in [0.2, 0.25) is 0 Å². The molecule has 4 heteroatoms. The number of furan rings is 2. The van der Waals surface area contributed by atoms with Crippen LogP contribution >= 0.6 is 11.3 Å². The number of aromatic nitrogens is 1. The first-order valence-corrected chi connectivity index (χ1v) is 16.8. The van der Waals surface area contributed by atoms with E-state index in [4.69, 9.17) is 8.83 Å². The molecule has 0 bridgehead atoms. The zero-order chi connectivity index (χ0) is 33.6. The van der Waals surface area contributed by atoms with Crippen LogP contribution in [0.25, 0.3) is 21.9 Å². The van der Waals surface area contributed by atoms with Crippen molar-refractivity contribution in [1.29, 1.82) is 0 Å². The summed E-state index contributed by atoms with van der Waals surface area (Å²) in [5.74, 6) is 2.09. The van der Waals surface area contributed by atoms with Gasteiger partial charge in [-0.15, -0.1) is 11.3 Å². The van der Waals surface area contributed by atoms with Crippen molar-refractivity contribution >= 4 is 33.2 Å². The zero-order valence-corrected chi connectivity index (χ0v) is 30.7. The average molecular weight is 626 g/mol. The minimum atomic E-state index is 0.0962. The van der Waals surface area contributed by atoms with Gasteiger partial charge in [-0.1, -0.05) is 126 Å². The Balaban J connectivity index is 0.000000167. The van der Waals surface area contributed by atoms with Crippen LogP contribution in [0.15, 0.2) is 105 Å². The number of rotatable bonds is 0. The highest BCUT2D eigenvalue weighted by molar-refractivity contribution is 7.10. The fourth-order valence-corrected chi connectivity index (χ4v) is 5.59. The molecule has 0 amide bonds. The normalized spacial score (nSPS) is 12.1. The van der Waals surface area contributed by atoms with Crippen LogP contribution in [0.4, 0.5) is 0 Å². The molecule has 0 saturated heterocycles. The smallest absolute Gasteiger partial charge is 0.134 e. The van der Waals surface area contributed by atoms with Crippen LogP contribution in [0.2, 0.25) is 0 Å². The summed E-state index contributed by atoms with van der Waals surface area (Å²) in [6.07, 6.45) is 1.71. The van der Waals surface area contributed by atoms with Crippen LogP contribution in [-0.2, 0) is 28.7 Å². The van der Waals surface area contributed by atoms with E-state index in [1.54, 1.807) is 6.26 Å². The number of hydrogen-bond donors (Lipinski definition) is 0. The number of nitrogens with zero attached hydrogens (tertiary/aromatic N) is 1. The first-order chi connectivity index (χ1) is 20.8. The van der Waals surface area contributed by atoms with E-state index in [1.165, 1.54) is 26.9 Å². The molecule has 0 aliphatic carbocycles. The molecule has 45 heavy (non-hydrogen) atoms. The largest absolute Gasteiger partial charge is 0.469 e. The minimum absolute atomic E-state index is 0.0962. The van der Waals surface area contributed by atoms with Gasteiger partial charge in [0.1, 0.15) is 17.1 Å². The predicted molar refractivity (Wildman–Crippen MR) is 197 cm³/mol. The summed E-state index contributed by atoms with van der Waals surface area (Å²) in [7, 11) is 2.14. The molecule has 0 N–H and O–H groups in total. The van der Waals surface area contributed by atoms with Crippen molar-refractivity contribution in [2.24, 2.45) is 7.05 Å². The molecule has 0 radical (unpaired) electrons. The molecule has 2 aromatic carbocycles. The van der Waals surface area contributed by atoms with E-state index < -0.39 is 0 Å². The SMILES string of the molecule is CC(C)(C)c1cc2ccccc2o1.CC(C)(C)c1ccco1.CC(C)(C)c1cccs1.Cn1c(C(C)(C)C)cc2ccccc21. The monoisotopic (exact) mass is 625 g/mol. The summed E-state index contributed by atoms with van der Waals surface area (Å²) < 4.78 is 13.2. The first kappa shape index (κ1) is 36.0. The van der Waals surface area contributed by atoms with Gasteiger partial charge in [0, 0.05) is 44.8 Å². The van der Waals surface area contributed by atoms with Crippen molar-refractivity contribution in [2.75, 3.05) is 0 Å². The Morgan fingerprint density at radius 1 is 0.556 bits per heavy atom. The third kappa shape index (κ3) is 10.3. The number of fused-ring (bicyclic) bond motifs is 2. The highest BCUT2D eigenvalue weighted by atomic mass is 32.1. The standard InChI is InChI=1S/C13H17N.C12H14O.C8H12O.C8H12S/c1-13(2,3)12-9-10-7-5-6-8-11(10)14(12)4;1-12(2,3)11-8-9-6-4-5-7-10(9)13-11;2*1-8(2,3)7-5-4-6-9-7/h5-9H,1-4H3;4-8H,1-3H3;2*4-6H,1-3H3. The van der Waals surface area contributed by atoms with Crippen LogP contribution in [0, 0.1) is 0 Å². The van der Waals surface area contributed by atoms with Crippen LogP contribution in [-0.4, -0.2) is 4.57 Å². The molecule has 0 saturated carbocycles. The fraction of sp³-hybridized carbons (Fsp3) is 0.415. The van der Waals surface area contributed by atoms with Crippen LogP contribution in [0.5, 0.6) is 0 Å². The molecule has 4 heterocycles. The Morgan fingerprint density at radius 2 is 1.16 bits per heavy atom. The summed E-state index contributed by atoms with van der Waals surface area (Å²) in [6, 6.07) is 29.3. The summed E-state index contributed by atoms with van der Waals surface area (Å²) in [5.41, 5.74) is 4.49. The lowest BCUT2D eigenvalue weighted by atomic mass is 9.92. The molecule has 6 aromatic rings. The maximum Gasteiger partial charge on any atom is 0.134 e. The minimum Gasteiger partial charge on any atom is -0.469 e. The second-order valence-corrected chi connectivity index (χ2v) is 16.7. The topological polar surface area (TPSA) is 31.2 Å². The Bertz CT molecular complexity index is 1640. The van der Waals surface area contributed by atoms with Crippen molar-refractivity contribution in [3.05, 3.63) is 119 Å². The number of hydrogen-bond acceptors (Lipinski definition) is 3. The highest BCUT2D eigenvalue weighted by Gasteiger charge is 2.19. The maximum absolute atomic E-state index is 5.73. The highest BCUT2D eigenvalue weighted by Crippen LogP contribution is 2.30. The lowest BCUT2D eigenvalue weighted by molar-refractivity contribution is 0.409.